The molecule has 694 valence electrons. The number of ether oxygens (including phenoxy) is 2. The third kappa shape index (κ3) is 57.1. The monoisotopic (exact) mass is 2110 g/mol. The van der Waals surface area contributed by atoms with Crippen LogP contribution in [-0.2, 0) is 116 Å². The van der Waals surface area contributed by atoms with Gasteiger partial charge in [0.15, 0.2) is 8.32 Å². The predicted molar refractivity (Wildman–Crippen MR) is 534 cm³/mol. The molecule has 0 bridgehead atoms. The van der Waals surface area contributed by atoms with Gasteiger partial charge in [-0.1, -0.05) is 13.0 Å². The van der Waals surface area contributed by atoms with Crippen LogP contribution < -0.4 is 0 Å². The summed E-state index contributed by atoms with van der Waals surface area (Å²) in [6, 6.07) is 0.935. The SMILES string of the molecule is C=COC(=O)OCCCC[SiH2]O[Si](C)(C)O[Si](C)(C)O[Si](C)(C)O[Si](C)(C)O[Si](C)(C)O[Si](C)(C)O[Si](C)(C)O[Si](C)(C)O[Si](C)(C)O[Si](C)(C)O[Si](C)(C)O[Si](C)(C)O[Si](C)(C)O[Si](C)(C)O[Si](C)(C)O[Si](C)(C)O[Si](C)(C)O[Si](C)(C)O[Si](C)(C)O[Si](C)(C)O[Si](C)(C)O[Si](C)(C)O[Si](C)(C)O[Si](C)(C)O[Si](C)(C)O[Si](C)(C)C. The molecule has 0 aromatic heterocycles. The zero-order valence-electron chi connectivity index (χ0n) is 83.2. The van der Waals surface area contributed by atoms with E-state index in [0.29, 0.717) is 6.61 Å². The Kier molecular flexibility index (Phi) is 44.0. The molecule has 0 heterocycles. The van der Waals surface area contributed by atoms with Gasteiger partial charge in [-0.15, -0.1) is 0 Å². The van der Waals surface area contributed by atoms with E-state index in [-0.39, 0.29) is 0 Å². The van der Waals surface area contributed by atoms with Crippen molar-refractivity contribution in [3.05, 3.63) is 12.8 Å². The minimum absolute atomic E-state index is 0.290. The first-order valence-electron chi connectivity index (χ1n) is 40.7. The van der Waals surface area contributed by atoms with Crippen molar-refractivity contribution < 1.29 is 121 Å². The van der Waals surface area contributed by atoms with Crippen LogP contribution in [0.1, 0.15) is 12.8 Å². The average Bonchev–Trinajstić information content (AvgIpc) is 0.809. The Morgan fingerprint density at radius 1 is 0.207 bits per heavy atom. The molecule has 0 saturated heterocycles. The van der Waals surface area contributed by atoms with Crippen LogP contribution >= 0.6 is 0 Å². The lowest BCUT2D eigenvalue weighted by molar-refractivity contribution is 0.0837. The van der Waals surface area contributed by atoms with Crippen molar-refractivity contribution in [1.82, 2.24) is 0 Å². The van der Waals surface area contributed by atoms with Crippen LogP contribution in [0.3, 0.4) is 0 Å². The summed E-state index contributed by atoms with van der Waals surface area (Å²) in [5.74, 6) is 0. The highest BCUT2D eigenvalue weighted by Gasteiger charge is 2.57. The van der Waals surface area contributed by atoms with Gasteiger partial charge in [-0.25, -0.2) is 4.79 Å². The number of hydrogen-bond acceptors (Lipinski definition) is 29. The number of carbonyl (C=O) groups excluding carboxylic acids is 1. The highest BCUT2D eigenvalue weighted by molar-refractivity contribution is 6.98. The van der Waals surface area contributed by atoms with Gasteiger partial charge in [-0.3, -0.25) is 0 Å². The van der Waals surface area contributed by atoms with Gasteiger partial charge in [0.25, 0.3) is 0 Å². The molecule has 0 fully saturated rings. The summed E-state index contributed by atoms with van der Waals surface area (Å²) in [7, 11) is -73.5. The minimum Gasteiger partial charge on any atom is -0.442 e. The largest absolute Gasteiger partial charge is 0.513 e. The van der Waals surface area contributed by atoms with Crippen LogP contribution in [0.15, 0.2) is 12.8 Å². The Morgan fingerprint density at radius 2 is 0.336 bits per heavy atom. The number of rotatable bonds is 58. The van der Waals surface area contributed by atoms with Crippen molar-refractivity contribution in [3.63, 3.8) is 0 Å². The molecule has 56 heteroatoms. The minimum atomic E-state index is -2.93. The summed E-state index contributed by atoms with van der Waals surface area (Å²) >= 11 is 0. The zero-order valence-corrected chi connectivity index (χ0v) is 111. The van der Waals surface area contributed by atoms with Gasteiger partial charge in [-0.05, 0) is 359 Å². The lowest BCUT2D eigenvalue weighted by atomic mass is 10.4. The van der Waals surface area contributed by atoms with E-state index < -0.39 is 238 Å². The van der Waals surface area contributed by atoms with Crippen LogP contribution in [0.25, 0.3) is 0 Å². The van der Waals surface area contributed by atoms with E-state index >= 15 is 0 Å². The summed E-state index contributed by atoms with van der Waals surface area (Å²) in [4.78, 5) is 11.4. The molecule has 0 amide bonds. The third-order valence-electron chi connectivity index (χ3n) is 14.0. The van der Waals surface area contributed by atoms with Gasteiger partial charge in [0.1, 0.15) is 9.76 Å². The summed E-state index contributed by atoms with van der Waals surface area (Å²) < 4.78 is 189. The first-order valence-corrected chi connectivity index (χ1v) is 116. The molecule has 0 atom stereocenters. The fourth-order valence-electron chi connectivity index (χ4n) is 16.4. The van der Waals surface area contributed by atoms with Crippen molar-refractivity contribution >= 4 is 238 Å². The first kappa shape index (κ1) is 120. The Labute approximate surface area is 738 Å². The molecule has 116 heavy (non-hydrogen) atoms. The van der Waals surface area contributed by atoms with E-state index in [0.717, 1.165) is 25.1 Å². The summed E-state index contributed by atoms with van der Waals surface area (Å²) in [5, 5.41) is 0. The highest BCUT2D eigenvalue weighted by atomic mass is 28.6. The first-order chi connectivity index (χ1) is 50.1. The fourth-order valence-corrected chi connectivity index (χ4v) is 153. The van der Waals surface area contributed by atoms with Crippen molar-refractivity contribution in [3.8, 4) is 0 Å². The second-order valence-electron chi connectivity index (χ2n) is 42.0. The molecule has 0 aliphatic heterocycles. The molecule has 0 aromatic rings. The van der Waals surface area contributed by atoms with E-state index in [9.17, 15) is 4.79 Å². The van der Waals surface area contributed by atoms with Crippen LogP contribution in [0, 0.1) is 0 Å². The highest BCUT2D eigenvalue weighted by Crippen LogP contribution is 2.37. The molecular formula is C60H172O29Si27. The number of unbranched alkanes of at least 4 members (excludes halogenated alkanes) is 1. The maximum Gasteiger partial charge on any atom is 0.513 e. The van der Waals surface area contributed by atoms with Gasteiger partial charge >= 0.3 is 220 Å². The van der Waals surface area contributed by atoms with Gasteiger partial charge < -0.3 is 116 Å². The Morgan fingerprint density at radius 3 is 0.466 bits per heavy atom. The average molecular weight is 2120 g/mol. The van der Waals surface area contributed by atoms with Crippen molar-refractivity contribution in [2.45, 2.75) is 366 Å². The molecule has 0 radical (unpaired) electrons. The molecule has 29 nitrogen and oxygen atoms in total. The second kappa shape index (κ2) is 42.6. The Bertz CT molecular complexity index is 3070. The van der Waals surface area contributed by atoms with Crippen molar-refractivity contribution in [2.75, 3.05) is 6.61 Å². The van der Waals surface area contributed by atoms with Crippen LogP contribution in [0.5, 0.6) is 0 Å². The summed E-state index contributed by atoms with van der Waals surface area (Å²) in [6.07, 6.45) is 1.93. The zero-order chi connectivity index (χ0) is 92.6. The van der Waals surface area contributed by atoms with Gasteiger partial charge in [0, 0.05) is 0 Å². The topological polar surface area (TPSA) is 276 Å². The van der Waals surface area contributed by atoms with Gasteiger partial charge in [-0.2, -0.15) is 0 Å². The second-order valence-corrected chi connectivity index (χ2v) is 139. The summed E-state index contributed by atoms with van der Waals surface area (Å²) in [6.45, 7) is 113. The number of carbonyl (C=O) groups is 1. The quantitative estimate of drug-likeness (QED) is 0.0237. The van der Waals surface area contributed by atoms with Crippen LogP contribution in [0.4, 0.5) is 4.79 Å². The van der Waals surface area contributed by atoms with Crippen LogP contribution in [0.2, 0.25) is 353 Å². The van der Waals surface area contributed by atoms with E-state index in [1.807, 2.05) is 157 Å². The third-order valence-corrected chi connectivity index (χ3v) is 117. The molecule has 0 aliphatic carbocycles. The molecule has 0 N–H and O–H groups in total. The normalized spacial score (nSPS) is 15.8. The predicted octanol–water partition coefficient (Wildman–Crippen LogP) is 20.4. The van der Waals surface area contributed by atoms with Crippen molar-refractivity contribution in [1.29, 1.82) is 0 Å². The molecule has 0 aromatic carbocycles. The number of hydrogen-bond donors (Lipinski definition) is 0. The van der Waals surface area contributed by atoms with E-state index in [4.69, 9.17) is 112 Å². The van der Waals surface area contributed by atoms with E-state index in [2.05, 4.69) is 201 Å². The van der Waals surface area contributed by atoms with Crippen molar-refractivity contribution in [2.24, 2.45) is 0 Å². The fraction of sp³-hybridized carbons (Fsp3) is 0.950. The summed E-state index contributed by atoms with van der Waals surface area (Å²) in [5.41, 5.74) is 0. The molecule has 0 saturated carbocycles. The van der Waals surface area contributed by atoms with Gasteiger partial charge in [0.05, 0.1) is 12.9 Å². The lowest BCUT2D eigenvalue weighted by Gasteiger charge is -2.45. The Hall–Kier alpha value is 3.83. The molecular weight excluding hydrogens is 1940 g/mol. The van der Waals surface area contributed by atoms with E-state index in [1.165, 1.54) is 0 Å². The van der Waals surface area contributed by atoms with Gasteiger partial charge in [0.2, 0.25) is 0 Å². The Balaban J connectivity index is 5.86. The molecule has 0 aliphatic rings. The van der Waals surface area contributed by atoms with E-state index in [1.54, 1.807) is 0 Å². The lowest BCUT2D eigenvalue weighted by Crippen LogP contribution is -2.63. The maximum absolute atomic E-state index is 11.4. The standard InChI is InChI=1S/C60H172O29Si27/c1-55-62-60(61)63-58-56-57-59-90-64-92(5,6)66-94(9,10)68-96(13,14)70-98(17,18)72-100(21,22)74-102(25,26)76-104(29,30)78-106(33,34)80-108(37,38)82-110(41,42)84-112(45,46)86-114(49,50)88-116(53,54)89-115(51,52)87-113(47,48)85-111(43,44)83-109(39,40)81-107(35,36)79-105(31,32)77-103(27,28)75-101(23,24)73-99(19,20)71-97(15,16)69-95(11,12)67-93(7,8)65-91(2,3)4/h55H,1,56-59,90H2,2-54H3. The maximum atomic E-state index is 11.4. The smallest absolute Gasteiger partial charge is 0.442 e. The van der Waals surface area contributed by atoms with Crippen LogP contribution in [-0.4, -0.2) is 245 Å². The molecule has 0 unspecified atom stereocenters. The molecule has 0 rings (SSSR count). The molecule has 0 spiro atoms.